The molecule has 0 aliphatic heterocycles. The van der Waals surface area contributed by atoms with Crippen LogP contribution in [0.15, 0.2) is 54.6 Å². The van der Waals surface area contributed by atoms with E-state index in [0.717, 1.165) is 11.8 Å². The van der Waals surface area contributed by atoms with Gasteiger partial charge >= 0.3 is 0 Å². The first-order valence-corrected chi connectivity index (χ1v) is 8.15. The number of benzene rings is 2. The van der Waals surface area contributed by atoms with Gasteiger partial charge in [-0.05, 0) is 42.7 Å². The largest absolute Gasteiger partial charge is 0.382 e. The van der Waals surface area contributed by atoms with Gasteiger partial charge in [0.25, 0.3) is 0 Å². The predicted octanol–water partition coefficient (Wildman–Crippen LogP) is 5.59. The number of anilines is 1. The third kappa shape index (κ3) is 3.29. The fourth-order valence-corrected chi connectivity index (χ4v) is 3.56. The lowest BCUT2D eigenvalue weighted by atomic mass is 9.79. The van der Waals surface area contributed by atoms with E-state index < -0.39 is 0 Å². The minimum atomic E-state index is 0.603. The maximum Gasteiger partial charge on any atom is 0.0422 e. The van der Waals surface area contributed by atoms with E-state index in [1.54, 1.807) is 0 Å². The summed E-state index contributed by atoms with van der Waals surface area (Å²) in [6.07, 6.45) is 3.96. The molecule has 1 nitrogen and oxygen atoms in total. The van der Waals surface area contributed by atoms with Crippen molar-refractivity contribution in [2.75, 3.05) is 5.32 Å². The zero-order valence-electron chi connectivity index (χ0n) is 13.0. The Kier molecular flexibility index (Phi) is 4.28. The number of rotatable bonds is 3. The van der Waals surface area contributed by atoms with Gasteiger partial charge in [0.15, 0.2) is 0 Å². The molecule has 0 bridgehead atoms. The lowest BCUT2D eigenvalue weighted by Gasteiger charge is -2.34. The SMILES string of the molecule is CC1CCC(Nc2ccccc2-c2ccccc2)C(C)C1. The highest BCUT2D eigenvalue weighted by atomic mass is 14.9. The van der Waals surface area contributed by atoms with Gasteiger partial charge in [-0.15, -0.1) is 0 Å². The molecule has 0 aromatic heterocycles. The normalized spacial score (nSPS) is 25.5. The van der Waals surface area contributed by atoms with E-state index in [9.17, 15) is 0 Å². The van der Waals surface area contributed by atoms with Crippen molar-refractivity contribution in [1.29, 1.82) is 0 Å². The van der Waals surface area contributed by atoms with Crippen LogP contribution in [0.2, 0.25) is 0 Å². The summed E-state index contributed by atoms with van der Waals surface area (Å²) >= 11 is 0. The maximum atomic E-state index is 3.82. The number of hydrogen-bond acceptors (Lipinski definition) is 1. The average molecular weight is 279 g/mol. The maximum absolute atomic E-state index is 3.82. The molecule has 1 saturated carbocycles. The van der Waals surface area contributed by atoms with Crippen LogP contribution in [0, 0.1) is 11.8 Å². The molecule has 0 heterocycles. The van der Waals surface area contributed by atoms with Crippen LogP contribution in [0.1, 0.15) is 33.1 Å². The van der Waals surface area contributed by atoms with Gasteiger partial charge in [-0.1, -0.05) is 62.4 Å². The smallest absolute Gasteiger partial charge is 0.0422 e. The van der Waals surface area contributed by atoms with Crippen molar-refractivity contribution in [3.05, 3.63) is 54.6 Å². The van der Waals surface area contributed by atoms with Crippen molar-refractivity contribution in [2.45, 2.75) is 39.2 Å². The summed E-state index contributed by atoms with van der Waals surface area (Å²) in [5, 5.41) is 3.82. The van der Waals surface area contributed by atoms with E-state index in [1.807, 2.05) is 0 Å². The van der Waals surface area contributed by atoms with Crippen LogP contribution in [0.5, 0.6) is 0 Å². The van der Waals surface area contributed by atoms with E-state index in [2.05, 4.69) is 73.8 Å². The van der Waals surface area contributed by atoms with E-state index in [-0.39, 0.29) is 0 Å². The summed E-state index contributed by atoms with van der Waals surface area (Å²) < 4.78 is 0. The first-order valence-electron chi connectivity index (χ1n) is 8.15. The number of para-hydroxylation sites is 1. The molecule has 1 fully saturated rings. The van der Waals surface area contributed by atoms with Gasteiger partial charge in [0.05, 0.1) is 0 Å². The Bertz CT molecular complexity index is 575. The van der Waals surface area contributed by atoms with Crippen LogP contribution >= 0.6 is 0 Å². The number of nitrogens with one attached hydrogen (secondary N) is 1. The van der Waals surface area contributed by atoms with Gasteiger partial charge in [-0.2, -0.15) is 0 Å². The zero-order chi connectivity index (χ0) is 14.7. The number of hydrogen-bond donors (Lipinski definition) is 1. The van der Waals surface area contributed by atoms with Gasteiger partial charge in [-0.3, -0.25) is 0 Å². The molecule has 0 radical (unpaired) electrons. The minimum absolute atomic E-state index is 0.603. The summed E-state index contributed by atoms with van der Waals surface area (Å²) in [6, 6.07) is 20.0. The molecule has 1 N–H and O–H groups in total. The van der Waals surface area contributed by atoms with Gasteiger partial charge in [0.1, 0.15) is 0 Å². The van der Waals surface area contributed by atoms with E-state index >= 15 is 0 Å². The molecule has 1 heteroatoms. The molecule has 3 unspecified atom stereocenters. The van der Waals surface area contributed by atoms with Crippen molar-refractivity contribution >= 4 is 5.69 Å². The van der Waals surface area contributed by atoms with E-state index in [4.69, 9.17) is 0 Å². The third-order valence-corrected chi connectivity index (χ3v) is 4.78. The Morgan fingerprint density at radius 1 is 0.857 bits per heavy atom. The van der Waals surface area contributed by atoms with Crippen molar-refractivity contribution in [3.63, 3.8) is 0 Å². The molecule has 21 heavy (non-hydrogen) atoms. The molecular weight excluding hydrogens is 254 g/mol. The highest BCUT2D eigenvalue weighted by Crippen LogP contribution is 2.34. The first-order chi connectivity index (χ1) is 10.2. The standard InChI is InChI=1S/C20H25N/c1-15-12-13-19(16(2)14-15)21-20-11-7-6-10-18(20)17-8-4-3-5-9-17/h3-11,15-16,19,21H,12-14H2,1-2H3. The van der Waals surface area contributed by atoms with Crippen LogP contribution in [0.3, 0.4) is 0 Å². The topological polar surface area (TPSA) is 12.0 Å². The Morgan fingerprint density at radius 2 is 1.57 bits per heavy atom. The van der Waals surface area contributed by atoms with E-state index in [1.165, 1.54) is 36.1 Å². The van der Waals surface area contributed by atoms with E-state index in [0.29, 0.717) is 6.04 Å². The second-order valence-electron chi connectivity index (χ2n) is 6.56. The Labute approximate surface area is 128 Å². The zero-order valence-corrected chi connectivity index (χ0v) is 13.0. The fourth-order valence-electron chi connectivity index (χ4n) is 3.56. The van der Waals surface area contributed by atoms with Crippen LogP contribution in [0.4, 0.5) is 5.69 Å². The summed E-state index contributed by atoms with van der Waals surface area (Å²) in [7, 11) is 0. The molecule has 2 aromatic carbocycles. The summed E-state index contributed by atoms with van der Waals surface area (Å²) in [6.45, 7) is 4.77. The fraction of sp³-hybridized carbons (Fsp3) is 0.400. The molecule has 1 aliphatic rings. The summed E-state index contributed by atoms with van der Waals surface area (Å²) in [4.78, 5) is 0. The van der Waals surface area contributed by atoms with Crippen molar-refractivity contribution in [3.8, 4) is 11.1 Å². The third-order valence-electron chi connectivity index (χ3n) is 4.78. The summed E-state index contributed by atoms with van der Waals surface area (Å²) in [5.41, 5.74) is 3.87. The summed E-state index contributed by atoms with van der Waals surface area (Å²) in [5.74, 6) is 1.62. The first kappa shape index (κ1) is 14.2. The molecule has 3 atom stereocenters. The highest BCUT2D eigenvalue weighted by molar-refractivity contribution is 5.77. The lowest BCUT2D eigenvalue weighted by Crippen LogP contribution is -2.33. The molecule has 1 aliphatic carbocycles. The second-order valence-corrected chi connectivity index (χ2v) is 6.56. The molecule has 0 spiro atoms. The van der Waals surface area contributed by atoms with Crippen LogP contribution < -0.4 is 5.32 Å². The Balaban J connectivity index is 1.83. The molecular formula is C20H25N. The molecule has 0 saturated heterocycles. The molecule has 3 rings (SSSR count). The van der Waals surface area contributed by atoms with Crippen molar-refractivity contribution in [1.82, 2.24) is 0 Å². The van der Waals surface area contributed by atoms with Gasteiger partial charge in [-0.25, -0.2) is 0 Å². The Hall–Kier alpha value is -1.76. The molecule has 2 aromatic rings. The van der Waals surface area contributed by atoms with Crippen LogP contribution in [-0.2, 0) is 0 Å². The van der Waals surface area contributed by atoms with Gasteiger partial charge in [0.2, 0.25) is 0 Å². The van der Waals surface area contributed by atoms with Crippen molar-refractivity contribution < 1.29 is 0 Å². The van der Waals surface area contributed by atoms with Gasteiger partial charge in [0, 0.05) is 17.3 Å². The highest BCUT2D eigenvalue weighted by Gasteiger charge is 2.25. The van der Waals surface area contributed by atoms with Crippen molar-refractivity contribution in [2.24, 2.45) is 11.8 Å². The van der Waals surface area contributed by atoms with Crippen LogP contribution in [0.25, 0.3) is 11.1 Å². The molecule has 0 amide bonds. The minimum Gasteiger partial charge on any atom is -0.382 e. The molecule has 110 valence electrons. The quantitative estimate of drug-likeness (QED) is 0.772. The Morgan fingerprint density at radius 3 is 2.33 bits per heavy atom. The second kappa shape index (κ2) is 6.34. The average Bonchev–Trinajstić information content (AvgIpc) is 2.51. The predicted molar refractivity (Wildman–Crippen MR) is 91.5 cm³/mol. The van der Waals surface area contributed by atoms with Crippen LogP contribution in [-0.4, -0.2) is 6.04 Å². The lowest BCUT2D eigenvalue weighted by molar-refractivity contribution is 0.276. The monoisotopic (exact) mass is 279 g/mol. The van der Waals surface area contributed by atoms with Gasteiger partial charge < -0.3 is 5.32 Å².